The predicted molar refractivity (Wildman–Crippen MR) is 47.9 cm³/mol. The van der Waals surface area contributed by atoms with Gasteiger partial charge in [-0.3, -0.25) is 0 Å². The standard InChI is InChI=1S/C10H19N/c1-7(2)5-8-9(6-11)10(8,3)4/h5,8-9H,6,11H2,1-4H3/p+1. The Labute approximate surface area is 69.7 Å². The summed E-state index contributed by atoms with van der Waals surface area (Å²) in [6.45, 7) is 10.1. The molecule has 0 aromatic rings. The molecule has 0 amide bonds. The maximum absolute atomic E-state index is 3.97. The second kappa shape index (κ2) is 2.63. The molecule has 11 heavy (non-hydrogen) atoms. The van der Waals surface area contributed by atoms with Gasteiger partial charge in [-0.2, -0.15) is 0 Å². The van der Waals surface area contributed by atoms with Crippen molar-refractivity contribution in [2.45, 2.75) is 27.7 Å². The van der Waals surface area contributed by atoms with Crippen LogP contribution in [0.5, 0.6) is 0 Å². The molecular weight excluding hydrogens is 134 g/mol. The van der Waals surface area contributed by atoms with E-state index in [1.807, 2.05) is 0 Å². The second-order valence-corrected chi connectivity index (χ2v) is 4.49. The second-order valence-electron chi connectivity index (χ2n) is 4.49. The summed E-state index contributed by atoms with van der Waals surface area (Å²) in [5, 5.41) is 0. The van der Waals surface area contributed by atoms with E-state index in [2.05, 4.69) is 39.5 Å². The Balaban J connectivity index is 2.59. The fourth-order valence-corrected chi connectivity index (χ4v) is 2.03. The van der Waals surface area contributed by atoms with Crippen molar-refractivity contribution in [3.63, 3.8) is 0 Å². The van der Waals surface area contributed by atoms with Crippen molar-refractivity contribution in [1.29, 1.82) is 0 Å². The van der Waals surface area contributed by atoms with Crippen molar-refractivity contribution in [1.82, 2.24) is 0 Å². The SMILES string of the molecule is CC(C)=CC1C(C[NH3+])C1(C)C. The molecule has 0 saturated heterocycles. The smallest absolute Gasteiger partial charge is 0.0779 e. The normalized spacial score (nSPS) is 33.2. The topological polar surface area (TPSA) is 27.6 Å². The lowest BCUT2D eigenvalue weighted by Gasteiger charge is -1.97. The molecule has 1 saturated carbocycles. The lowest BCUT2D eigenvalue weighted by atomic mass is 10.1. The lowest BCUT2D eigenvalue weighted by Crippen LogP contribution is -2.52. The summed E-state index contributed by atoms with van der Waals surface area (Å²) in [5.41, 5.74) is 5.94. The number of rotatable bonds is 2. The number of hydrogen-bond acceptors (Lipinski definition) is 0. The average Bonchev–Trinajstić information content (AvgIpc) is 2.33. The predicted octanol–water partition coefficient (Wildman–Crippen LogP) is 1.47. The first-order valence-corrected chi connectivity index (χ1v) is 4.44. The quantitative estimate of drug-likeness (QED) is 0.583. The summed E-state index contributed by atoms with van der Waals surface area (Å²) >= 11 is 0. The van der Waals surface area contributed by atoms with E-state index < -0.39 is 0 Å². The molecule has 3 N–H and O–H groups in total. The van der Waals surface area contributed by atoms with Crippen LogP contribution in [0.3, 0.4) is 0 Å². The molecule has 0 aromatic heterocycles. The molecule has 0 aromatic carbocycles. The first-order chi connectivity index (χ1) is 5.00. The Morgan fingerprint density at radius 3 is 2.27 bits per heavy atom. The Morgan fingerprint density at radius 1 is 1.45 bits per heavy atom. The van der Waals surface area contributed by atoms with Crippen molar-refractivity contribution in [2.75, 3.05) is 6.54 Å². The maximum Gasteiger partial charge on any atom is 0.0779 e. The fourth-order valence-electron chi connectivity index (χ4n) is 2.03. The van der Waals surface area contributed by atoms with Crippen LogP contribution in [-0.2, 0) is 0 Å². The van der Waals surface area contributed by atoms with Gasteiger partial charge >= 0.3 is 0 Å². The van der Waals surface area contributed by atoms with Crippen LogP contribution in [0.1, 0.15) is 27.7 Å². The van der Waals surface area contributed by atoms with Gasteiger partial charge in [0.25, 0.3) is 0 Å². The molecule has 0 bridgehead atoms. The minimum atomic E-state index is 0.527. The molecule has 0 spiro atoms. The minimum Gasteiger partial charge on any atom is -0.357 e. The lowest BCUT2D eigenvalue weighted by molar-refractivity contribution is -0.374. The molecule has 1 fully saturated rings. The van der Waals surface area contributed by atoms with Gasteiger partial charge in [0.05, 0.1) is 6.54 Å². The molecule has 1 aliphatic rings. The van der Waals surface area contributed by atoms with E-state index in [-0.39, 0.29) is 0 Å². The fraction of sp³-hybridized carbons (Fsp3) is 0.800. The summed E-state index contributed by atoms with van der Waals surface area (Å²) in [5.74, 6) is 1.63. The van der Waals surface area contributed by atoms with Crippen LogP contribution in [0.4, 0.5) is 0 Å². The zero-order valence-electron chi connectivity index (χ0n) is 8.15. The number of quaternary nitrogens is 1. The first-order valence-electron chi connectivity index (χ1n) is 4.44. The maximum atomic E-state index is 3.97. The minimum absolute atomic E-state index is 0.527. The molecule has 1 aliphatic carbocycles. The third-order valence-corrected chi connectivity index (χ3v) is 2.96. The van der Waals surface area contributed by atoms with Gasteiger partial charge in [-0.25, -0.2) is 0 Å². The molecule has 1 heteroatoms. The molecular formula is C10H20N+. The molecule has 0 aliphatic heterocycles. The molecule has 1 nitrogen and oxygen atoms in total. The molecule has 64 valence electrons. The van der Waals surface area contributed by atoms with Gasteiger partial charge in [-0.15, -0.1) is 0 Å². The van der Waals surface area contributed by atoms with Crippen LogP contribution >= 0.6 is 0 Å². The van der Waals surface area contributed by atoms with Crippen LogP contribution in [0, 0.1) is 17.3 Å². The van der Waals surface area contributed by atoms with E-state index in [4.69, 9.17) is 0 Å². The van der Waals surface area contributed by atoms with Crippen molar-refractivity contribution in [3.8, 4) is 0 Å². The van der Waals surface area contributed by atoms with E-state index in [1.165, 1.54) is 5.57 Å². The van der Waals surface area contributed by atoms with Gasteiger partial charge in [0, 0.05) is 5.92 Å². The van der Waals surface area contributed by atoms with E-state index in [9.17, 15) is 0 Å². The van der Waals surface area contributed by atoms with Crippen LogP contribution < -0.4 is 5.73 Å². The average molecular weight is 154 g/mol. The van der Waals surface area contributed by atoms with Gasteiger partial charge in [0.15, 0.2) is 0 Å². The van der Waals surface area contributed by atoms with Gasteiger partial charge in [0.1, 0.15) is 0 Å². The highest BCUT2D eigenvalue weighted by atomic mass is 14.7. The Morgan fingerprint density at radius 2 is 2.00 bits per heavy atom. The monoisotopic (exact) mass is 154 g/mol. The van der Waals surface area contributed by atoms with Crippen molar-refractivity contribution >= 4 is 0 Å². The third kappa shape index (κ3) is 1.48. The number of allylic oxidation sites excluding steroid dienone is 2. The highest BCUT2D eigenvalue weighted by Crippen LogP contribution is 2.58. The van der Waals surface area contributed by atoms with Crippen LogP contribution in [0.2, 0.25) is 0 Å². The molecule has 1 rings (SSSR count). The molecule has 2 atom stereocenters. The third-order valence-electron chi connectivity index (χ3n) is 2.96. The number of hydrogen-bond donors (Lipinski definition) is 1. The highest BCUT2D eigenvalue weighted by Gasteiger charge is 2.56. The summed E-state index contributed by atoms with van der Waals surface area (Å²) in [7, 11) is 0. The Bertz CT molecular complexity index is 175. The Kier molecular flexibility index (Phi) is 2.10. The van der Waals surface area contributed by atoms with Crippen molar-refractivity contribution < 1.29 is 5.73 Å². The van der Waals surface area contributed by atoms with E-state index in [1.54, 1.807) is 0 Å². The van der Waals surface area contributed by atoms with Crippen molar-refractivity contribution in [3.05, 3.63) is 11.6 Å². The van der Waals surface area contributed by atoms with Crippen LogP contribution in [0.15, 0.2) is 11.6 Å². The van der Waals surface area contributed by atoms with E-state index in [0.29, 0.717) is 5.41 Å². The van der Waals surface area contributed by atoms with Crippen LogP contribution in [0.25, 0.3) is 0 Å². The van der Waals surface area contributed by atoms with Gasteiger partial charge in [-0.05, 0) is 25.2 Å². The summed E-state index contributed by atoms with van der Waals surface area (Å²) < 4.78 is 0. The van der Waals surface area contributed by atoms with Crippen molar-refractivity contribution in [2.24, 2.45) is 17.3 Å². The van der Waals surface area contributed by atoms with E-state index >= 15 is 0 Å². The molecule has 0 heterocycles. The first kappa shape index (κ1) is 8.79. The van der Waals surface area contributed by atoms with Gasteiger partial charge < -0.3 is 5.73 Å². The molecule has 2 unspecified atom stereocenters. The van der Waals surface area contributed by atoms with E-state index in [0.717, 1.165) is 18.4 Å². The summed E-state index contributed by atoms with van der Waals surface area (Å²) in [4.78, 5) is 0. The summed E-state index contributed by atoms with van der Waals surface area (Å²) in [6, 6.07) is 0. The van der Waals surface area contributed by atoms with Crippen LogP contribution in [-0.4, -0.2) is 6.54 Å². The van der Waals surface area contributed by atoms with Gasteiger partial charge in [0.2, 0.25) is 0 Å². The van der Waals surface area contributed by atoms with Gasteiger partial charge in [-0.1, -0.05) is 25.5 Å². The highest BCUT2D eigenvalue weighted by molar-refractivity contribution is 5.16. The zero-order valence-corrected chi connectivity index (χ0v) is 8.15. The Hall–Kier alpha value is -0.300. The summed E-state index contributed by atoms with van der Waals surface area (Å²) in [6.07, 6.45) is 2.40. The zero-order chi connectivity index (χ0) is 8.65. The molecule has 0 radical (unpaired) electrons. The largest absolute Gasteiger partial charge is 0.357 e.